The van der Waals surface area contributed by atoms with Gasteiger partial charge in [0.25, 0.3) is 5.91 Å². The van der Waals surface area contributed by atoms with Gasteiger partial charge in [-0.25, -0.2) is 4.79 Å². The summed E-state index contributed by atoms with van der Waals surface area (Å²) in [7, 11) is 1.51. The first-order valence-electron chi connectivity index (χ1n) is 34.6. The second-order valence-electron chi connectivity index (χ2n) is 25.4. The number of nitrogens with one attached hydrogen (secondary N) is 12. The molecule has 12 amide bonds. The molecule has 34 nitrogen and oxygen atoms in total. The molecule has 24 N–H and O–H groups in total. The van der Waals surface area contributed by atoms with E-state index in [1.54, 1.807) is 123 Å². The minimum Gasteiger partial charge on any atom is -0.391 e. The molecule has 1 fully saturated rings. The second-order valence-corrected chi connectivity index (χ2v) is 26.5. The molecule has 3 aromatic carbocycles. The lowest BCUT2D eigenvalue weighted by atomic mass is 10.00. The van der Waals surface area contributed by atoms with E-state index in [4.69, 9.17) is 28.7 Å². The minimum atomic E-state index is -1.85. The molecule has 5 aromatic rings. The van der Waals surface area contributed by atoms with Gasteiger partial charge >= 0.3 is 6.03 Å². The van der Waals surface area contributed by atoms with Crippen LogP contribution in [0.5, 0.6) is 0 Å². The molecular formula is C70H98N20O14S. The normalized spacial score (nSPS) is 20.5. The van der Waals surface area contributed by atoms with Crippen LogP contribution in [-0.2, 0) is 54.4 Å². The Hall–Kier alpha value is -10.3. The average Bonchev–Trinajstić information content (AvgIpc) is 1.64. The van der Waals surface area contributed by atoms with Crippen LogP contribution in [0, 0.1) is 5.92 Å². The molecule has 1 aliphatic heterocycles. The van der Waals surface area contributed by atoms with E-state index in [0.717, 1.165) is 4.68 Å². The lowest BCUT2D eigenvalue weighted by Crippen LogP contribution is -2.62. The smallest absolute Gasteiger partial charge is 0.343 e. The summed E-state index contributed by atoms with van der Waals surface area (Å²) in [4.78, 5) is 176. The third-order valence-corrected chi connectivity index (χ3v) is 17.8. The summed E-state index contributed by atoms with van der Waals surface area (Å²) < 4.78 is 1.04. The largest absolute Gasteiger partial charge is 0.391 e. The molecule has 0 aliphatic carbocycles. The van der Waals surface area contributed by atoms with Gasteiger partial charge in [0.15, 0.2) is 0 Å². The van der Waals surface area contributed by atoms with Crippen molar-refractivity contribution < 1.29 is 67.7 Å². The zero-order chi connectivity index (χ0) is 76.9. The Balaban J connectivity index is 1.29. The molecule has 35 heteroatoms. The Morgan fingerprint density at radius 1 is 0.610 bits per heavy atom. The van der Waals surface area contributed by atoms with Gasteiger partial charge in [-0.2, -0.15) is 9.78 Å². The highest BCUT2D eigenvalue weighted by atomic mass is 32.2. The van der Waals surface area contributed by atoms with Crippen molar-refractivity contribution in [3.05, 3.63) is 120 Å². The van der Waals surface area contributed by atoms with Crippen LogP contribution in [0.2, 0.25) is 0 Å². The quantitative estimate of drug-likeness (QED) is 0.0233. The van der Waals surface area contributed by atoms with Crippen molar-refractivity contribution in [1.29, 1.82) is 0 Å². The van der Waals surface area contributed by atoms with Crippen molar-refractivity contribution in [1.82, 2.24) is 78.6 Å². The third kappa shape index (κ3) is 25.0. The lowest BCUT2D eigenvalue weighted by Gasteiger charge is -2.29. The molecule has 568 valence electrons. The number of amides is 12. The first kappa shape index (κ1) is 83.7. The van der Waals surface area contributed by atoms with Gasteiger partial charge in [0.05, 0.1) is 34.7 Å². The first-order chi connectivity index (χ1) is 50.2. The Bertz CT molecular complexity index is 3850. The van der Waals surface area contributed by atoms with Crippen molar-refractivity contribution >= 4 is 106 Å². The highest BCUT2D eigenvalue weighted by Crippen LogP contribution is 2.34. The fraction of sp³-hybridized carbons (Fsp3) is 0.457. The van der Waals surface area contributed by atoms with Gasteiger partial charge < -0.3 is 103 Å². The van der Waals surface area contributed by atoms with Crippen molar-refractivity contribution in [2.24, 2.45) is 34.6 Å². The number of benzene rings is 3. The van der Waals surface area contributed by atoms with E-state index < -0.39 is 151 Å². The first-order valence-corrected chi connectivity index (χ1v) is 35.4. The van der Waals surface area contributed by atoms with E-state index in [9.17, 15) is 67.7 Å². The average molecular weight is 1480 g/mol. The van der Waals surface area contributed by atoms with Crippen LogP contribution in [0.3, 0.4) is 0 Å². The van der Waals surface area contributed by atoms with Crippen molar-refractivity contribution in [3.8, 4) is 0 Å². The molecule has 1 aliphatic rings. The number of rotatable bonds is 28. The van der Waals surface area contributed by atoms with Crippen LogP contribution in [0.15, 0.2) is 107 Å². The Morgan fingerprint density at radius 3 is 1.75 bits per heavy atom. The van der Waals surface area contributed by atoms with E-state index >= 15 is 0 Å². The Labute approximate surface area is 611 Å². The third-order valence-electron chi connectivity index (χ3n) is 16.7. The Morgan fingerprint density at radius 2 is 1.17 bits per heavy atom. The van der Waals surface area contributed by atoms with Gasteiger partial charge in [0.1, 0.15) is 60.4 Å². The van der Waals surface area contributed by atoms with E-state index in [-0.39, 0.29) is 95.0 Å². The van der Waals surface area contributed by atoms with Crippen LogP contribution < -0.4 is 92.5 Å². The summed E-state index contributed by atoms with van der Waals surface area (Å²) in [6.45, 7) is 4.41. The second kappa shape index (κ2) is 41.9. The summed E-state index contributed by atoms with van der Waals surface area (Å²) in [6, 6.07) is 9.44. The standard InChI is InChI=1S/C70H98N20O14S/c1-38(2)35-53-66(100)81-47(22-28-71)60(94)80-50(25-31-74)64(98)87-57(39(3)91)68(102)78-34-27-52(63(97)79-48(23-29-72)62(96)85-54(67(101)84-53)36-41-13-7-6-8-14-41)82-61(95)49(24-30-73)83-69(103)58(40(4)92)88-65(99)51(26-32-75)86-70(104)90-55-37-43(105-56-17-10-9-16-45(56)59(93)76-5)19-20-44(55)46(89-90)21-18-42-15-11-12-33-77-42/h6-21,33,37-40,47-54,57-58,91-92H,22-32,34-36,71-75H2,1-5H3,(H,76,93)(H,78,102)(H,79,97)(H,80,94)(H,81,100)(H,82,95)(H,83,103)(H,84,101)(H,85,96)(H,86,104)(H,87,98)(H,88,99)/b21-18+/t39-,40?,47?,48-,49-,50?,51?,52+,53-,54-,57?,58+/m0/s1. The zero-order valence-electron chi connectivity index (χ0n) is 59.2. The fourth-order valence-electron chi connectivity index (χ4n) is 11.2. The number of aromatic nitrogens is 3. The lowest BCUT2D eigenvalue weighted by molar-refractivity contribution is -0.136. The molecule has 12 atom stereocenters. The molecule has 1 saturated heterocycles. The van der Waals surface area contributed by atoms with Gasteiger partial charge in [0, 0.05) is 41.4 Å². The fourth-order valence-corrected chi connectivity index (χ4v) is 12.2. The van der Waals surface area contributed by atoms with Gasteiger partial charge in [-0.15, -0.1) is 0 Å². The molecule has 0 radical (unpaired) electrons. The number of aliphatic hydroxyl groups excluding tert-OH is 2. The van der Waals surface area contributed by atoms with E-state index in [1.807, 2.05) is 0 Å². The molecule has 0 spiro atoms. The number of carbonyl (C=O) groups is 12. The van der Waals surface area contributed by atoms with Crippen LogP contribution in [0.25, 0.3) is 23.1 Å². The number of fused-ring (bicyclic) bond motifs is 1. The maximum atomic E-state index is 14.8. The zero-order valence-corrected chi connectivity index (χ0v) is 60.0. The van der Waals surface area contributed by atoms with Gasteiger partial charge in [0.2, 0.25) is 59.1 Å². The summed E-state index contributed by atoms with van der Waals surface area (Å²) in [5, 5.41) is 58.0. The number of hydrogen-bond acceptors (Lipinski definition) is 22. The van der Waals surface area contributed by atoms with Crippen molar-refractivity contribution in [2.45, 2.75) is 161 Å². The highest BCUT2D eigenvalue weighted by molar-refractivity contribution is 7.99. The molecule has 3 heterocycles. The molecule has 0 saturated carbocycles. The number of carbonyl (C=O) groups excluding carboxylic acids is 12. The summed E-state index contributed by atoms with van der Waals surface area (Å²) >= 11 is 1.25. The van der Waals surface area contributed by atoms with Crippen molar-refractivity contribution in [3.63, 3.8) is 0 Å². The van der Waals surface area contributed by atoms with Crippen molar-refractivity contribution in [2.75, 3.05) is 46.3 Å². The van der Waals surface area contributed by atoms with Crippen LogP contribution in [0.4, 0.5) is 4.79 Å². The number of pyridine rings is 1. The minimum absolute atomic E-state index is 0.0232. The molecule has 5 unspecified atom stereocenters. The van der Waals surface area contributed by atoms with E-state index in [2.05, 4.69) is 73.9 Å². The topological polar surface area (TPSA) is 550 Å². The molecular weight excluding hydrogens is 1380 g/mol. The number of aliphatic hydroxyl groups is 2. The predicted molar refractivity (Wildman–Crippen MR) is 391 cm³/mol. The summed E-state index contributed by atoms with van der Waals surface area (Å²) in [5.41, 5.74) is 32.0. The summed E-state index contributed by atoms with van der Waals surface area (Å²) in [6.07, 6.45) is -0.156. The van der Waals surface area contributed by atoms with Gasteiger partial charge in [-0.05, 0) is 158 Å². The summed E-state index contributed by atoms with van der Waals surface area (Å²) in [5.74, 6) is -10.4. The van der Waals surface area contributed by atoms with Crippen LogP contribution >= 0.6 is 11.8 Å². The Kier molecular flexibility index (Phi) is 33.4. The number of nitrogens with two attached hydrogens (primary N) is 5. The molecule has 105 heavy (non-hydrogen) atoms. The van der Waals surface area contributed by atoms with Gasteiger partial charge in [-0.1, -0.05) is 74.1 Å². The van der Waals surface area contributed by atoms with Crippen LogP contribution in [-0.4, -0.2) is 215 Å². The monoisotopic (exact) mass is 1470 g/mol. The highest BCUT2D eigenvalue weighted by Gasteiger charge is 2.38. The van der Waals surface area contributed by atoms with Crippen LogP contribution in [0.1, 0.15) is 99.9 Å². The van der Waals surface area contributed by atoms with Gasteiger partial charge in [-0.3, -0.25) is 57.7 Å². The van der Waals surface area contributed by atoms with E-state index in [1.165, 1.54) is 32.7 Å². The maximum absolute atomic E-state index is 14.8. The molecule has 2 aromatic heterocycles. The predicted octanol–water partition coefficient (Wildman–Crippen LogP) is -3.28. The number of hydrogen-bond donors (Lipinski definition) is 19. The number of nitrogens with zero attached hydrogens (tertiary/aromatic N) is 3. The maximum Gasteiger partial charge on any atom is 0.343 e. The molecule has 0 bridgehead atoms. The molecule has 6 rings (SSSR count). The SMILES string of the molecule is CNC(=O)c1ccccc1Sc1ccc2c(/C=C/c3ccccn3)nn(C(=O)NC(CCN)C(=O)N[C@@H](C(=O)N[C@@H](CCN)C(=O)N[C@@H]3CCNC(=O)C([C@H](C)O)NC(=O)C(CCN)NC(=O)C(CCN)NC(=O)[C@H](CC(C)C)NC(=O)[C@H](Cc4ccccc4)NC(=O)[C@H](CCN)NC3=O)C(C)O)c2c1. The van der Waals surface area contributed by atoms with E-state index in [0.29, 0.717) is 37.7 Å².